The molecule has 8 heteroatoms. The van der Waals surface area contributed by atoms with Crippen molar-refractivity contribution < 1.29 is 9.59 Å². The van der Waals surface area contributed by atoms with Crippen LogP contribution in [-0.4, -0.2) is 49.6 Å². The highest BCUT2D eigenvalue weighted by Gasteiger charge is 2.32. The Morgan fingerprint density at radius 1 is 1.12 bits per heavy atom. The first-order chi connectivity index (χ1) is 16.1. The van der Waals surface area contributed by atoms with Crippen LogP contribution in [0.15, 0.2) is 48.8 Å². The fourth-order valence-corrected chi connectivity index (χ4v) is 4.76. The number of aromatic nitrogens is 4. The van der Waals surface area contributed by atoms with Gasteiger partial charge in [-0.2, -0.15) is 5.10 Å². The molecule has 2 aliphatic heterocycles. The number of amides is 2. The number of fused-ring (bicyclic) bond motifs is 1. The van der Waals surface area contributed by atoms with Crippen LogP contribution in [-0.2, 0) is 29.1 Å². The highest BCUT2D eigenvalue weighted by atomic mass is 16.2. The van der Waals surface area contributed by atoms with Gasteiger partial charge in [0.2, 0.25) is 11.8 Å². The van der Waals surface area contributed by atoms with Crippen LogP contribution in [0.2, 0.25) is 0 Å². The van der Waals surface area contributed by atoms with E-state index >= 15 is 0 Å². The van der Waals surface area contributed by atoms with E-state index in [0.29, 0.717) is 25.9 Å². The molecule has 2 aromatic heterocycles. The number of hydrogen-bond donors (Lipinski definition) is 0. The van der Waals surface area contributed by atoms with Crippen LogP contribution in [0.5, 0.6) is 0 Å². The predicted octanol–water partition coefficient (Wildman–Crippen LogP) is 2.87. The molecule has 0 N–H and O–H groups in total. The van der Waals surface area contributed by atoms with Crippen LogP contribution in [0.4, 0.5) is 5.82 Å². The summed E-state index contributed by atoms with van der Waals surface area (Å²) in [6, 6.07) is 11.8. The lowest BCUT2D eigenvalue weighted by molar-refractivity contribution is -0.133. The van der Waals surface area contributed by atoms with Crippen molar-refractivity contribution in [1.29, 1.82) is 0 Å². The summed E-state index contributed by atoms with van der Waals surface area (Å²) in [5.74, 6) is 1.67. The number of carbonyl (C=O) groups is 2. The maximum absolute atomic E-state index is 12.9. The van der Waals surface area contributed by atoms with Gasteiger partial charge in [0.1, 0.15) is 18.2 Å². The van der Waals surface area contributed by atoms with E-state index in [2.05, 4.69) is 5.10 Å². The number of carbonyl (C=O) groups excluding carboxylic acids is 2. The molecule has 0 spiro atoms. The minimum atomic E-state index is 0.0546. The van der Waals surface area contributed by atoms with Gasteiger partial charge >= 0.3 is 0 Å². The Balaban J connectivity index is 1.39. The van der Waals surface area contributed by atoms with Gasteiger partial charge in [0, 0.05) is 49.1 Å². The van der Waals surface area contributed by atoms with Crippen molar-refractivity contribution >= 4 is 17.6 Å². The molecule has 2 aliphatic rings. The number of piperidine rings is 1. The SMILES string of the molecule is Cc1nc([C@H]2CCCN(C(=O)Cn3cccn3)C2)nc2c1CCC(=O)N2Cc1ccccc1. The van der Waals surface area contributed by atoms with Crippen LogP contribution >= 0.6 is 0 Å². The molecule has 3 aromatic rings. The van der Waals surface area contributed by atoms with Crippen molar-refractivity contribution in [2.24, 2.45) is 0 Å². The summed E-state index contributed by atoms with van der Waals surface area (Å²) in [5.41, 5.74) is 3.06. The van der Waals surface area contributed by atoms with E-state index in [9.17, 15) is 9.59 Å². The normalized spacial score (nSPS) is 18.3. The summed E-state index contributed by atoms with van der Waals surface area (Å²) < 4.78 is 1.65. The van der Waals surface area contributed by atoms with Gasteiger partial charge < -0.3 is 4.90 Å². The van der Waals surface area contributed by atoms with Crippen molar-refractivity contribution in [1.82, 2.24) is 24.6 Å². The molecule has 0 radical (unpaired) electrons. The Morgan fingerprint density at radius 3 is 2.76 bits per heavy atom. The van der Waals surface area contributed by atoms with Gasteiger partial charge in [-0.3, -0.25) is 19.2 Å². The molecule has 4 heterocycles. The molecule has 0 bridgehead atoms. The van der Waals surface area contributed by atoms with Gasteiger partial charge in [-0.1, -0.05) is 30.3 Å². The summed E-state index contributed by atoms with van der Waals surface area (Å²) in [6.45, 7) is 4.07. The van der Waals surface area contributed by atoms with E-state index in [0.717, 1.165) is 47.8 Å². The highest BCUT2D eigenvalue weighted by Crippen LogP contribution is 2.33. The zero-order valence-electron chi connectivity index (χ0n) is 18.9. The third-order valence-corrected chi connectivity index (χ3v) is 6.53. The number of aryl methyl sites for hydroxylation is 1. The van der Waals surface area contributed by atoms with E-state index in [1.165, 1.54) is 0 Å². The van der Waals surface area contributed by atoms with Crippen LogP contribution in [0.25, 0.3) is 0 Å². The number of anilines is 1. The standard InChI is InChI=1S/C25H28N6O2/c1-18-21-10-11-22(32)31(15-19-7-3-2-4-8-19)25(21)28-24(27-18)20-9-5-13-29(16-20)23(33)17-30-14-6-12-26-30/h2-4,6-8,12,14,20H,5,9-11,13,15-17H2,1H3/t20-/m0/s1. The van der Waals surface area contributed by atoms with E-state index in [4.69, 9.17) is 9.97 Å². The third kappa shape index (κ3) is 4.51. The topological polar surface area (TPSA) is 84.2 Å². The average molecular weight is 445 g/mol. The number of nitrogens with zero attached hydrogens (tertiary/aromatic N) is 6. The van der Waals surface area contributed by atoms with Crippen molar-refractivity contribution in [3.05, 3.63) is 71.4 Å². The maximum Gasteiger partial charge on any atom is 0.244 e. The zero-order valence-corrected chi connectivity index (χ0v) is 18.9. The Labute approximate surface area is 193 Å². The quantitative estimate of drug-likeness (QED) is 0.604. The summed E-state index contributed by atoms with van der Waals surface area (Å²) in [6.07, 6.45) is 6.46. The fourth-order valence-electron chi connectivity index (χ4n) is 4.76. The molecule has 5 rings (SSSR count). The molecular formula is C25H28N6O2. The monoisotopic (exact) mass is 444 g/mol. The lowest BCUT2D eigenvalue weighted by Gasteiger charge is -2.34. The van der Waals surface area contributed by atoms with E-state index < -0.39 is 0 Å². The Morgan fingerprint density at radius 2 is 1.97 bits per heavy atom. The molecular weight excluding hydrogens is 416 g/mol. The molecule has 33 heavy (non-hydrogen) atoms. The Bertz CT molecular complexity index is 1150. The minimum Gasteiger partial charge on any atom is -0.340 e. The molecule has 1 saturated heterocycles. The third-order valence-electron chi connectivity index (χ3n) is 6.53. The van der Waals surface area contributed by atoms with Gasteiger partial charge in [0.15, 0.2) is 0 Å². The molecule has 170 valence electrons. The van der Waals surface area contributed by atoms with Crippen molar-refractivity contribution in [2.45, 2.75) is 51.6 Å². The fraction of sp³-hybridized carbons (Fsp3) is 0.400. The first-order valence-corrected chi connectivity index (χ1v) is 11.6. The highest BCUT2D eigenvalue weighted by molar-refractivity contribution is 5.95. The van der Waals surface area contributed by atoms with Gasteiger partial charge in [0.25, 0.3) is 0 Å². The smallest absolute Gasteiger partial charge is 0.244 e. The molecule has 0 aliphatic carbocycles. The largest absolute Gasteiger partial charge is 0.340 e. The minimum absolute atomic E-state index is 0.0546. The van der Waals surface area contributed by atoms with Gasteiger partial charge in [-0.15, -0.1) is 0 Å². The number of benzene rings is 1. The van der Waals surface area contributed by atoms with Gasteiger partial charge in [0.05, 0.1) is 6.54 Å². The first-order valence-electron chi connectivity index (χ1n) is 11.6. The van der Waals surface area contributed by atoms with Crippen LogP contribution in [0, 0.1) is 6.92 Å². The van der Waals surface area contributed by atoms with Crippen molar-refractivity contribution in [3.63, 3.8) is 0 Å². The second kappa shape index (κ2) is 9.13. The maximum atomic E-state index is 12.9. The lowest BCUT2D eigenvalue weighted by atomic mass is 9.95. The lowest BCUT2D eigenvalue weighted by Crippen LogP contribution is -2.41. The molecule has 1 fully saturated rings. The van der Waals surface area contributed by atoms with E-state index in [-0.39, 0.29) is 24.3 Å². The van der Waals surface area contributed by atoms with Gasteiger partial charge in [-0.25, -0.2) is 9.97 Å². The van der Waals surface area contributed by atoms with Crippen LogP contribution in [0.1, 0.15) is 47.8 Å². The average Bonchev–Trinajstić information content (AvgIpc) is 3.34. The van der Waals surface area contributed by atoms with Crippen LogP contribution < -0.4 is 4.90 Å². The number of likely N-dealkylation sites (tertiary alicyclic amines) is 1. The van der Waals surface area contributed by atoms with Gasteiger partial charge in [-0.05, 0) is 37.8 Å². The van der Waals surface area contributed by atoms with E-state index in [1.54, 1.807) is 22.0 Å². The summed E-state index contributed by atoms with van der Waals surface area (Å²) >= 11 is 0. The molecule has 2 amide bonds. The Hall–Kier alpha value is -3.55. The molecule has 1 atom stereocenters. The molecule has 0 saturated carbocycles. The predicted molar refractivity (Wildman–Crippen MR) is 124 cm³/mol. The molecule has 0 unspecified atom stereocenters. The van der Waals surface area contributed by atoms with Crippen LogP contribution in [0.3, 0.4) is 0 Å². The summed E-state index contributed by atoms with van der Waals surface area (Å²) in [5, 5.41) is 4.14. The van der Waals surface area contributed by atoms with E-state index in [1.807, 2.05) is 48.2 Å². The molecule has 8 nitrogen and oxygen atoms in total. The second-order valence-corrected chi connectivity index (χ2v) is 8.82. The molecule has 1 aromatic carbocycles. The Kier molecular flexibility index (Phi) is 5.90. The summed E-state index contributed by atoms with van der Waals surface area (Å²) in [4.78, 5) is 39.1. The zero-order chi connectivity index (χ0) is 22.8. The number of hydrogen-bond acceptors (Lipinski definition) is 5. The van der Waals surface area contributed by atoms with Crippen molar-refractivity contribution in [2.75, 3.05) is 18.0 Å². The first kappa shape index (κ1) is 21.3. The van der Waals surface area contributed by atoms with Crippen molar-refractivity contribution in [3.8, 4) is 0 Å². The second-order valence-electron chi connectivity index (χ2n) is 8.82. The number of rotatable bonds is 5. The summed E-state index contributed by atoms with van der Waals surface area (Å²) in [7, 11) is 0.